The third-order valence-corrected chi connectivity index (χ3v) is 5.22. The number of amides is 1. The molecule has 0 spiro atoms. The number of fused-ring (bicyclic) bond motifs is 1. The van der Waals surface area contributed by atoms with Crippen LogP contribution in [0.1, 0.15) is 25.3 Å². The summed E-state index contributed by atoms with van der Waals surface area (Å²) in [6, 6.07) is 1.78. The molecule has 0 aliphatic carbocycles. The van der Waals surface area contributed by atoms with Crippen molar-refractivity contribution in [2.75, 3.05) is 26.0 Å². The Morgan fingerprint density at radius 2 is 2.19 bits per heavy atom. The summed E-state index contributed by atoms with van der Waals surface area (Å²) in [5.74, 6) is 0.0282. The molecule has 9 heteroatoms. The number of likely N-dealkylation sites (tertiary alicyclic amines) is 1. The second-order valence-corrected chi connectivity index (χ2v) is 6.56. The van der Waals surface area contributed by atoms with Crippen LogP contribution in [0.5, 0.6) is 0 Å². The van der Waals surface area contributed by atoms with E-state index in [1.807, 2.05) is 0 Å². The lowest BCUT2D eigenvalue weighted by Gasteiger charge is -2.45. The maximum absolute atomic E-state index is 13.0. The SMILES string of the molecule is [B]C1CC(OC)(c2cc3c(NC)ncnc3n(C)c2=O)CCN1C(C)=O. The molecular formula is C17H22BN5O3. The fourth-order valence-electron chi connectivity index (χ4n) is 3.74. The molecule has 3 rings (SSSR count). The quantitative estimate of drug-likeness (QED) is 0.800. The number of nitrogens with one attached hydrogen (secondary N) is 1. The molecule has 0 bridgehead atoms. The summed E-state index contributed by atoms with van der Waals surface area (Å²) in [5.41, 5.74) is -0.0201. The number of carbonyl (C=O) groups excluding carboxylic acids is 1. The summed E-state index contributed by atoms with van der Waals surface area (Å²) in [7, 11) is 11.2. The van der Waals surface area contributed by atoms with Crippen molar-refractivity contribution in [3.63, 3.8) is 0 Å². The van der Waals surface area contributed by atoms with Crippen molar-refractivity contribution >= 4 is 30.6 Å². The number of hydrogen-bond donors (Lipinski definition) is 1. The predicted octanol–water partition coefficient (Wildman–Crippen LogP) is 0.349. The highest BCUT2D eigenvalue weighted by atomic mass is 16.5. The van der Waals surface area contributed by atoms with Crippen LogP contribution >= 0.6 is 0 Å². The van der Waals surface area contributed by atoms with E-state index in [4.69, 9.17) is 12.6 Å². The van der Waals surface area contributed by atoms with E-state index in [-0.39, 0.29) is 11.5 Å². The fraction of sp³-hybridized carbons (Fsp3) is 0.529. The Hall–Kier alpha value is -2.42. The van der Waals surface area contributed by atoms with Gasteiger partial charge in [-0.1, -0.05) is 0 Å². The van der Waals surface area contributed by atoms with Crippen molar-refractivity contribution in [2.45, 2.75) is 31.3 Å². The van der Waals surface area contributed by atoms with E-state index >= 15 is 0 Å². The largest absolute Gasteiger partial charge is 0.373 e. The smallest absolute Gasteiger partial charge is 0.258 e. The molecule has 1 aliphatic rings. The zero-order chi connectivity index (χ0) is 19.1. The van der Waals surface area contributed by atoms with Gasteiger partial charge in [0.2, 0.25) is 5.91 Å². The summed E-state index contributed by atoms with van der Waals surface area (Å²) in [5, 5.41) is 3.75. The molecule has 1 aliphatic heterocycles. The third-order valence-electron chi connectivity index (χ3n) is 5.22. The minimum atomic E-state index is -0.866. The van der Waals surface area contributed by atoms with Gasteiger partial charge < -0.3 is 15.0 Å². The van der Waals surface area contributed by atoms with Gasteiger partial charge in [0.05, 0.1) is 18.8 Å². The van der Waals surface area contributed by atoms with Gasteiger partial charge in [0.1, 0.15) is 23.4 Å². The number of pyridine rings is 1. The van der Waals surface area contributed by atoms with E-state index in [0.29, 0.717) is 36.4 Å². The maximum atomic E-state index is 13.0. The molecule has 1 saturated heterocycles. The molecule has 1 amide bonds. The number of methoxy groups -OCH3 is 1. The first kappa shape index (κ1) is 18.4. The van der Waals surface area contributed by atoms with Gasteiger partial charge in [-0.25, -0.2) is 9.97 Å². The normalized spacial score (nSPS) is 23.2. The highest BCUT2D eigenvalue weighted by Crippen LogP contribution is 2.38. The number of rotatable bonds is 3. The van der Waals surface area contributed by atoms with E-state index in [1.165, 1.54) is 17.8 Å². The molecule has 2 atom stereocenters. The summed E-state index contributed by atoms with van der Waals surface area (Å²) < 4.78 is 7.33. The fourth-order valence-corrected chi connectivity index (χ4v) is 3.74. The Labute approximate surface area is 153 Å². The maximum Gasteiger partial charge on any atom is 0.258 e. The van der Waals surface area contributed by atoms with Gasteiger partial charge in [-0.15, -0.1) is 0 Å². The van der Waals surface area contributed by atoms with Crippen molar-refractivity contribution in [3.05, 3.63) is 28.3 Å². The predicted molar refractivity (Wildman–Crippen MR) is 99.2 cm³/mol. The number of piperidine rings is 1. The van der Waals surface area contributed by atoms with E-state index < -0.39 is 11.5 Å². The lowest BCUT2D eigenvalue weighted by atomic mass is 9.74. The molecule has 26 heavy (non-hydrogen) atoms. The minimum absolute atomic E-state index is 0.0838. The van der Waals surface area contributed by atoms with Gasteiger partial charge >= 0.3 is 0 Å². The number of carbonyl (C=O) groups is 1. The van der Waals surface area contributed by atoms with Crippen LogP contribution in [0.3, 0.4) is 0 Å². The Kier molecular flexibility index (Phi) is 4.75. The Morgan fingerprint density at radius 3 is 2.77 bits per heavy atom. The monoisotopic (exact) mass is 355 g/mol. The van der Waals surface area contributed by atoms with Crippen LogP contribution in [0.25, 0.3) is 11.0 Å². The van der Waals surface area contributed by atoms with E-state index in [2.05, 4.69) is 15.3 Å². The van der Waals surface area contributed by atoms with Crippen molar-refractivity contribution in [3.8, 4) is 0 Å². The summed E-state index contributed by atoms with van der Waals surface area (Å²) in [6.45, 7) is 1.92. The number of aromatic nitrogens is 3. The van der Waals surface area contributed by atoms with Crippen LogP contribution < -0.4 is 10.9 Å². The second kappa shape index (κ2) is 6.72. The zero-order valence-electron chi connectivity index (χ0n) is 15.4. The molecule has 1 N–H and O–H groups in total. The zero-order valence-corrected chi connectivity index (χ0v) is 15.4. The number of hydrogen-bond acceptors (Lipinski definition) is 6. The van der Waals surface area contributed by atoms with Gasteiger partial charge in [-0.2, -0.15) is 0 Å². The van der Waals surface area contributed by atoms with E-state index in [0.717, 1.165) is 5.39 Å². The number of ether oxygens (including phenoxy) is 1. The molecule has 8 nitrogen and oxygen atoms in total. The van der Waals surface area contributed by atoms with E-state index in [1.54, 1.807) is 32.2 Å². The highest BCUT2D eigenvalue weighted by molar-refractivity contribution is 6.13. The van der Waals surface area contributed by atoms with Crippen LogP contribution in [0.2, 0.25) is 0 Å². The first-order valence-electron chi connectivity index (χ1n) is 8.45. The lowest BCUT2D eigenvalue weighted by molar-refractivity contribution is -0.137. The van der Waals surface area contributed by atoms with Crippen LogP contribution in [0.4, 0.5) is 5.82 Å². The van der Waals surface area contributed by atoms with E-state index in [9.17, 15) is 9.59 Å². The van der Waals surface area contributed by atoms with Gasteiger partial charge in [0.15, 0.2) is 0 Å². The third kappa shape index (κ3) is 2.76. The molecule has 2 radical (unpaired) electrons. The van der Waals surface area contributed by atoms with Crippen molar-refractivity contribution in [1.29, 1.82) is 0 Å². The summed E-state index contributed by atoms with van der Waals surface area (Å²) in [4.78, 5) is 34.8. The molecule has 1 fully saturated rings. The highest BCUT2D eigenvalue weighted by Gasteiger charge is 2.42. The number of aryl methyl sites for hydroxylation is 1. The molecule has 2 unspecified atom stereocenters. The van der Waals surface area contributed by atoms with Crippen LogP contribution in [-0.4, -0.2) is 59.8 Å². The molecule has 136 valence electrons. The molecule has 2 aromatic heterocycles. The van der Waals surface area contributed by atoms with Gasteiger partial charge in [0, 0.05) is 34.7 Å². The molecule has 0 saturated carbocycles. The number of nitrogens with zero attached hydrogens (tertiary/aromatic N) is 4. The van der Waals surface area contributed by atoms with Gasteiger partial charge in [0.25, 0.3) is 5.56 Å². The summed E-state index contributed by atoms with van der Waals surface area (Å²) >= 11 is 0. The molecule has 0 aromatic carbocycles. The minimum Gasteiger partial charge on any atom is -0.373 e. The average molecular weight is 355 g/mol. The molecule has 2 aromatic rings. The number of anilines is 1. The van der Waals surface area contributed by atoms with Crippen molar-refractivity contribution in [1.82, 2.24) is 19.4 Å². The topological polar surface area (TPSA) is 89.3 Å². The van der Waals surface area contributed by atoms with Gasteiger partial charge in [-0.05, 0) is 24.8 Å². The van der Waals surface area contributed by atoms with Crippen LogP contribution in [-0.2, 0) is 22.2 Å². The van der Waals surface area contributed by atoms with Crippen molar-refractivity contribution in [2.24, 2.45) is 7.05 Å². The standard InChI is InChI=1S/C17H22BN5O3/c1-10(24)23-6-5-17(26-4,8-13(23)18)12-7-11-14(19-2)20-9-21-15(11)22(3)16(12)25/h7,9,13H,5-6,8H2,1-4H3,(H,19,20,21). The van der Waals surface area contributed by atoms with Crippen molar-refractivity contribution < 1.29 is 9.53 Å². The first-order valence-corrected chi connectivity index (χ1v) is 8.45. The Balaban J connectivity index is 2.18. The Bertz CT molecular complexity index is 915. The van der Waals surface area contributed by atoms with Crippen LogP contribution in [0, 0.1) is 0 Å². The second-order valence-electron chi connectivity index (χ2n) is 6.56. The molecule has 3 heterocycles. The van der Waals surface area contributed by atoms with Crippen LogP contribution in [0.15, 0.2) is 17.2 Å². The Morgan fingerprint density at radius 1 is 1.46 bits per heavy atom. The van der Waals surface area contributed by atoms with Gasteiger partial charge in [-0.3, -0.25) is 14.2 Å². The first-order chi connectivity index (χ1) is 12.3. The average Bonchev–Trinajstić information content (AvgIpc) is 2.63. The molecular weight excluding hydrogens is 333 g/mol. The summed E-state index contributed by atoms with van der Waals surface area (Å²) in [6.07, 6.45) is 2.24. The lowest BCUT2D eigenvalue weighted by Crippen LogP contribution is -2.53.